The Labute approximate surface area is 120 Å². The van der Waals surface area contributed by atoms with Gasteiger partial charge in [-0.15, -0.1) is 0 Å². The fourth-order valence-corrected chi connectivity index (χ4v) is 2.91. The van der Waals surface area contributed by atoms with Gasteiger partial charge < -0.3 is 5.11 Å². The molecule has 19 heavy (non-hydrogen) atoms. The quantitative estimate of drug-likeness (QED) is 0.838. The van der Waals surface area contributed by atoms with E-state index in [4.69, 9.17) is 0 Å². The van der Waals surface area contributed by atoms with Crippen LogP contribution in [0.3, 0.4) is 0 Å². The minimum absolute atomic E-state index is 0.926. The molecule has 0 aromatic heterocycles. The molecule has 1 aromatic carbocycles. The van der Waals surface area contributed by atoms with E-state index in [0.717, 1.165) is 12.1 Å². The van der Waals surface area contributed by atoms with Gasteiger partial charge in [0.1, 0.15) is 5.60 Å². The molecular weight excluding hydrogens is 254 g/mol. The summed E-state index contributed by atoms with van der Waals surface area (Å²) in [5.74, 6) is 8.32. The van der Waals surface area contributed by atoms with Crippen molar-refractivity contribution < 1.29 is 5.11 Å². The lowest BCUT2D eigenvalue weighted by Crippen LogP contribution is -2.31. The van der Waals surface area contributed by atoms with E-state index in [1.54, 1.807) is 13.8 Å². The van der Waals surface area contributed by atoms with Crippen LogP contribution in [0.2, 0.25) is 0 Å². The van der Waals surface area contributed by atoms with Crippen LogP contribution in [0.4, 0.5) is 0 Å². The first-order chi connectivity index (χ1) is 9.03. The van der Waals surface area contributed by atoms with Crippen molar-refractivity contribution >= 4 is 11.8 Å². The molecule has 1 saturated heterocycles. The SMILES string of the molecule is CC(C)(O)C#Cc1ccc(CN2CCSCC2)cc1. The Morgan fingerprint density at radius 2 is 1.84 bits per heavy atom. The Morgan fingerprint density at radius 1 is 1.21 bits per heavy atom. The van der Waals surface area contributed by atoms with Crippen LogP contribution < -0.4 is 0 Å². The molecule has 2 nitrogen and oxygen atoms in total. The number of nitrogens with zero attached hydrogens (tertiary/aromatic N) is 1. The highest BCUT2D eigenvalue weighted by Gasteiger charge is 2.10. The van der Waals surface area contributed by atoms with Gasteiger partial charge in [-0.05, 0) is 31.5 Å². The van der Waals surface area contributed by atoms with Gasteiger partial charge in [0.25, 0.3) is 0 Å². The fraction of sp³-hybridized carbons (Fsp3) is 0.500. The monoisotopic (exact) mass is 275 g/mol. The van der Waals surface area contributed by atoms with Crippen LogP contribution in [0.1, 0.15) is 25.0 Å². The predicted octanol–water partition coefficient (Wildman–Crippen LogP) is 2.36. The van der Waals surface area contributed by atoms with E-state index >= 15 is 0 Å². The number of thioether (sulfide) groups is 1. The molecule has 0 amide bonds. The van der Waals surface area contributed by atoms with E-state index in [9.17, 15) is 5.11 Å². The molecule has 1 heterocycles. The third-order valence-electron chi connectivity index (χ3n) is 2.98. The summed E-state index contributed by atoms with van der Waals surface area (Å²) in [6, 6.07) is 8.34. The van der Waals surface area contributed by atoms with Crippen molar-refractivity contribution in [3.8, 4) is 11.8 Å². The van der Waals surface area contributed by atoms with Gasteiger partial charge in [-0.25, -0.2) is 0 Å². The number of benzene rings is 1. The molecule has 0 saturated carbocycles. The molecule has 1 fully saturated rings. The molecule has 0 unspecified atom stereocenters. The lowest BCUT2D eigenvalue weighted by molar-refractivity contribution is 0.143. The third-order valence-corrected chi connectivity index (χ3v) is 3.92. The maximum absolute atomic E-state index is 9.57. The van der Waals surface area contributed by atoms with Crippen LogP contribution in [0.25, 0.3) is 0 Å². The van der Waals surface area contributed by atoms with E-state index < -0.39 is 5.60 Å². The molecule has 0 atom stereocenters. The van der Waals surface area contributed by atoms with Gasteiger partial charge in [-0.1, -0.05) is 24.0 Å². The van der Waals surface area contributed by atoms with Crippen molar-refractivity contribution in [1.82, 2.24) is 4.90 Å². The first kappa shape index (κ1) is 14.5. The molecule has 0 spiro atoms. The van der Waals surface area contributed by atoms with Crippen LogP contribution in [-0.2, 0) is 6.54 Å². The van der Waals surface area contributed by atoms with Gasteiger partial charge in [-0.2, -0.15) is 11.8 Å². The second-order valence-corrected chi connectivity index (χ2v) is 6.62. The van der Waals surface area contributed by atoms with Gasteiger partial charge in [-0.3, -0.25) is 4.90 Å². The van der Waals surface area contributed by atoms with E-state index in [1.165, 1.54) is 30.2 Å². The molecule has 0 bridgehead atoms. The van der Waals surface area contributed by atoms with E-state index in [0.29, 0.717) is 0 Å². The molecule has 0 radical (unpaired) electrons. The highest BCUT2D eigenvalue weighted by atomic mass is 32.2. The summed E-state index contributed by atoms with van der Waals surface area (Å²) in [5.41, 5.74) is 1.37. The van der Waals surface area contributed by atoms with Crippen molar-refractivity contribution in [1.29, 1.82) is 0 Å². The van der Waals surface area contributed by atoms with Crippen LogP contribution in [0.15, 0.2) is 24.3 Å². The summed E-state index contributed by atoms with van der Waals surface area (Å²) in [5, 5.41) is 9.57. The van der Waals surface area contributed by atoms with Crippen molar-refractivity contribution in [2.45, 2.75) is 26.0 Å². The number of hydrogen-bond acceptors (Lipinski definition) is 3. The zero-order valence-electron chi connectivity index (χ0n) is 11.6. The van der Waals surface area contributed by atoms with Gasteiger partial charge in [0.15, 0.2) is 0 Å². The van der Waals surface area contributed by atoms with Gasteiger partial charge in [0.2, 0.25) is 0 Å². The first-order valence-corrected chi connectivity index (χ1v) is 7.83. The van der Waals surface area contributed by atoms with Crippen LogP contribution in [0, 0.1) is 11.8 Å². The molecule has 1 aliphatic rings. The smallest absolute Gasteiger partial charge is 0.120 e. The van der Waals surface area contributed by atoms with Gasteiger partial charge in [0.05, 0.1) is 0 Å². The Morgan fingerprint density at radius 3 is 2.42 bits per heavy atom. The Bertz CT molecular complexity index is 458. The van der Waals surface area contributed by atoms with E-state index in [-0.39, 0.29) is 0 Å². The van der Waals surface area contributed by atoms with Crippen molar-refractivity contribution in [3.05, 3.63) is 35.4 Å². The minimum atomic E-state index is -0.926. The first-order valence-electron chi connectivity index (χ1n) is 6.67. The maximum atomic E-state index is 9.57. The standard InChI is InChI=1S/C16H21NOS/c1-16(2,18)8-7-14-3-5-15(6-4-14)13-17-9-11-19-12-10-17/h3-6,18H,9-13H2,1-2H3. The second kappa shape index (κ2) is 6.47. The summed E-state index contributed by atoms with van der Waals surface area (Å²) in [6.45, 7) is 6.79. The predicted molar refractivity (Wildman–Crippen MR) is 82.2 cm³/mol. The summed E-state index contributed by atoms with van der Waals surface area (Å²) in [4.78, 5) is 2.49. The van der Waals surface area contributed by atoms with Gasteiger partial charge >= 0.3 is 0 Å². The van der Waals surface area contributed by atoms with Crippen molar-refractivity contribution in [2.24, 2.45) is 0 Å². The molecule has 0 aliphatic carbocycles. The minimum Gasteiger partial charge on any atom is -0.378 e. The number of hydrogen-bond donors (Lipinski definition) is 1. The van der Waals surface area contributed by atoms with Crippen LogP contribution in [0.5, 0.6) is 0 Å². The fourth-order valence-electron chi connectivity index (χ4n) is 1.94. The zero-order chi connectivity index (χ0) is 13.7. The summed E-state index contributed by atoms with van der Waals surface area (Å²) in [6.07, 6.45) is 0. The molecule has 102 valence electrons. The number of aliphatic hydroxyl groups is 1. The Balaban J connectivity index is 1.95. The highest BCUT2D eigenvalue weighted by molar-refractivity contribution is 7.99. The summed E-state index contributed by atoms with van der Waals surface area (Å²) in [7, 11) is 0. The lowest BCUT2D eigenvalue weighted by atomic mass is 10.1. The number of rotatable bonds is 2. The summed E-state index contributed by atoms with van der Waals surface area (Å²) < 4.78 is 0. The summed E-state index contributed by atoms with van der Waals surface area (Å²) >= 11 is 2.04. The Kier molecular flexibility index (Phi) is 4.93. The molecule has 1 N–H and O–H groups in total. The third kappa shape index (κ3) is 5.28. The maximum Gasteiger partial charge on any atom is 0.120 e. The molecule has 1 aromatic rings. The molecular formula is C16H21NOS. The average molecular weight is 275 g/mol. The zero-order valence-corrected chi connectivity index (χ0v) is 12.5. The molecule has 2 rings (SSSR count). The average Bonchev–Trinajstić information content (AvgIpc) is 2.38. The molecule has 3 heteroatoms. The lowest BCUT2D eigenvalue weighted by Gasteiger charge is -2.26. The van der Waals surface area contributed by atoms with Crippen molar-refractivity contribution in [3.63, 3.8) is 0 Å². The Hall–Kier alpha value is -0.950. The van der Waals surface area contributed by atoms with Gasteiger partial charge in [0, 0.05) is 36.7 Å². The normalized spacial score (nSPS) is 16.8. The second-order valence-electron chi connectivity index (χ2n) is 5.39. The van der Waals surface area contributed by atoms with Crippen LogP contribution in [-0.4, -0.2) is 40.2 Å². The van der Waals surface area contributed by atoms with E-state index in [2.05, 4.69) is 28.9 Å². The van der Waals surface area contributed by atoms with E-state index in [1.807, 2.05) is 23.9 Å². The molecule has 1 aliphatic heterocycles. The topological polar surface area (TPSA) is 23.5 Å². The largest absolute Gasteiger partial charge is 0.378 e. The van der Waals surface area contributed by atoms with Crippen LogP contribution >= 0.6 is 11.8 Å². The van der Waals surface area contributed by atoms with Crippen molar-refractivity contribution in [2.75, 3.05) is 24.6 Å². The highest BCUT2D eigenvalue weighted by Crippen LogP contribution is 2.13.